The van der Waals surface area contributed by atoms with E-state index in [4.69, 9.17) is 27.9 Å². The summed E-state index contributed by atoms with van der Waals surface area (Å²) in [5, 5.41) is 3.69. The molecule has 0 fully saturated rings. The predicted octanol–water partition coefficient (Wildman–Crippen LogP) is 3.20. The summed E-state index contributed by atoms with van der Waals surface area (Å²) in [7, 11) is 0. The Morgan fingerprint density at radius 1 is 1.41 bits per heavy atom. The number of esters is 1. The van der Waals surface area contributed by atoms with E-state index < -0.39 is 23.8 Å². The molecule has 1 heterocycles. The number of carbonyl (C=O) groups excluding carboxylic acids is 2. The van der Waals surface area contributed by atoms with Gasteiger partial charge in [0.1, 0.15) is 5.84 Å². The van der Waals surface area contributed by atoms with Crippen LogP contribution >= 0.6 is 39.1 Å². The second-order valence-electron chi connectivity index (χ2n) is 4.71. The summed E-state index contributed by atoms with van der Waals surface area (Å²) in [5.74, 6) is -1.89. The molecule has 2 unspecified atom stereocenters. The lowest BCUT2D eigenvalue weighted by molar-refractivity contribution is -0.152. The third-order valence-electron chi connectivity index (χ3n) is 3.14. The largest absolute Gasteiger partial charge is 0.465 e. The summed E-state index contributed by atoms with van der Waals surface area (Å²) in [5.41, 5.74) is 0.425. The van der Waals surface area contributed by atoms with Crippen LogP contribution in [0.2, 0.25) is 10.0 Å². The Morgan fingerprint density at radius 3 is 2.50 bits per heavy atom. The molecule has 0 saturated carbocycles. The minimum absolute atomic E-state index is 0.205. The summed E-state index contributed by atoms with van der Waals surface area (Å²) < 4.78 is 5.61. The molecule has 1 N–H and O–H groups in total. The van der Waals surface area contributed by atoms with Crippen molar-refractivity contribution in [3.8, 4) is 0 Å². The van der Waals surface area contributed by atoms with Gasteiger partial charge in [-0.05, 0) is 26.0 Å². The maximum Gasteiger partial charge on any atom is 0.320 e. The Balaban J connectivity index is 2.39. The highest BCUT2D eigenvalue weighted by molar-refractivity contribution is 9.10. The number of benzene rings is 1. The predicted molar refractivity (Wildman–Crippen MR) is 88.4 cm³/mol. The van der Waals surface area contributed by atoms with E-state index in [1.165, 1.54) is 0 Å². The van der Waals surface area contributed by atoms with Gasteiger partial charge < -0.3 is 10.1 Å². The standard InChI is InChI=1S/C14H13BrCl2N2O3/c1-3-22-14(21)10-6(2)18-12(19-13(10)20)11-8(16)4-7(15)5-9(11)17/h4-6,10H,3H2,1-2H3,(H,18,19,20). The van der Waals surface area contributed by atoms with Gasteiger partial charge in [0.05, 0.1) is 22.2 Å². The molecule has 0 bridgehead atoms. The van der Waals surface area contributed by atoms with E-state index in [0.717, 1.165) is 0 Å². The van der Waals surface area contributed by atoms with Crippen LogP contribution in [0.25, 0.3) is 0 Å². The van der Waals surface area contributed by atoms with Gasteiger partial charge in [-0.1, -0.05) is 39.1 Å². The topological polar surface area (TPSA) is 67.8 Å². The zero-order valence-electron chi connectivity index (χ0n) is 11.8. The van der Waals surface area contributed by atoms with Crippen molar-refractivity contribution in [3.63, 3.8) is 0 Å². The molecular formula is C14H13BrCl2N2O3. The van der Waals surface area contributed by atoms with Crippen LogP contribution in [0.4, 0.5) is 0 Å². The molecule has 0 aliphatic carbocycles. The molecule has 118 valence electrons. The van der Waals surface area contributed by atoms with Crippen molar-refractivity contribution in [1.82, 2.24) is 5.32 Å². The average molecular weight is 408 g/mol. The molecule has 8 heteroatoms. The van der Waals surface area contributed by atoms with E-state index in [1.54, 1.807) is 26.0 Å². The van der Waals surface area contributed by atoms with Crippen LogP contribution in [0.1, 0.15) is 19.4 Å². The second-order valence-corrected chi connectivity index (χ2v) is 6.44. The van der Waals surface area contributed by atoms with Crippen molar-refractivity contribution in [2.75, 3.05) is 6.61 Å². The van der Waals surface area contributed by atoms with Gasteiger partial charge in [0.15, 0.2) is 5.92 Å². The van der Waals surface area contributed by atoms with E-state index in [-0.39, 0.29) is 12.4 Å². The van der Waals surface area contributed by atoms with E-state index in [1.807, 2.05) is 0 Å². The van der Waals surface area contributed by atoms with E-state index in [2.05, 4.69) is 26.2 Å². The summed E-state index contributed by atoms with van der Waals surface area (Å²) >= 11 is 15.6. The van der Waals surface area contributed by atoms with Crippen LogP contribution < -0.4 is 5.32 Å². The minimum atomic E-state index is -0.975. The minimum Gasteiger partial charge on any atom is -0.465 e. The molecule has 5 nitrogen and oxygen atoms in total. The molecule has 2 rings (SSSR count). The quantitative estimate of drug-likeness (QED) is 0.617. The van der Waals surface area contributed by atoms with Crippen LogP contribution in [-0.4, -0.2) is 30.4 Å². The molecule has 22 heavy (non-hydrogen) atoms. The first-order valence-corrected chi connectivity index (χ1v) is 8.10. The number of halogens is 3. The maximum absolute atomic E-state index is 12.2. The van der Waals surface area contributed by atoms with Gasteiger partial charge in [-0.3, -0.25) is 9.59 Å². The fourth-order valence-corrected chi connectivity index (χ4v) is 3.55. The molecule has 2 atom stereocenters. The second kappa shape index (κ2) is 6.98. The van der Waals surface area contributed by atoms with Gasteiger partial charge in [0, 0.05) is 10.5 Å². The molecular weight excluding hydrogens is 395 g/mol. The van der Waals surface area contributed by atoms with Crippen LogP contribution in [0, 0.1) is 5.92 Å². The van der Waals surface area contributed by atoms with Crippen LogP contribution in [0.3, 0.4) is 0 Å². The number of ether oxygens (including phenoxy) is 1. The molecule has 0 aromatic heterocycles. The highest BCUT2D eigenvalue weighted by Gasteiger charge is 2.38. The summed E-state index contributed by atoms with van der Waals surface area (Å²) in [4.78, 5) is 27.9. The number of carbonyl (C=O) groups is 2. The Kier molecular flexibility index (Phi) is 5.47. The number of amidine groups is 1. The van der Waals surface area contributed by atoms with Gasteiger partial charge in [0.2, 0.25) is 0 Å². The first-order valence-electron chi connectivity index (χ1n) is 6.55. The number of nitrogens with one attached hydrogen (secondary N) is 1. The molecule has 1 amide bonds. The summed E-state index contributed by atoms with van der Waals surface area (Å²) in [6, 6.07) is 2.83. The zero-order chi connectivity index (χ0) is 16.4. The lowest BCUT2D eigenvalue weighted by Crippen LogP contribution is -2.50. The van der Waals surface area contributed by atoms with Gasteiger partial charge in [-0.15, -0.1) is 0 Å². The first kappa shape index (κ1) is 17.2. The SMILES string of the molecule is CCOC(=O)C1C(=O)N=C(c2c(Cl)cc(Br)cc2Cl)NC1C. The molecule has 1 aliphatic rings. The Bertz CT molecular complexity index is 640. The van der Waals surface area contributed by atoms with Crippen molar-refractivity contribution >= 4 is 56.8 Å². The van der Waals surface area contributed by atoms with Crippen molar-refractivity contribution in [2.24, 2.45) is 10.9 Å². The van der Waals surface area contributed by atoms with Gasteiger partial charge in [-0.25, -0.2) is 0 Å². The fraction of sp³-hybridized carbons (Fsp3) is 0.357. The van der Waals surface area contributed by atoms with Crippen LogP contribution in [0.15, 0.2) is 21.6 Å². The number of aliphatic imine (C=N–C) groups is 1. The maximum atomic E-state index is 12.2. The third-order valence-corrected chi connectivity index (χ3v) is 4.19. The third kappa shape index (κ3) is 3.45. The van der Waals surface area contributed by atoms with Gasteiger partial charge >= 0.3 is 5.97 Å². The van der Waals surface area contributed by atoms with Crippen LogP contribution in [-0.2, 0) is 14.3 Å². The lowest BCUT2D eigenvalue weighted by Gasteiger charge is -2.27. The Hall–Kier alpha value is -1.11. The number of amides is 1. The zero-order valence-corrected chi connectivity index (χ0v) is 14.9. The van der Waals surface area contributed by atoms with Gasteiger partial charge in [0.25, 0.3) is 5.91 Å². The lowest BCUT2D eigenvalue weighted by atomic mass is 9.97. The number of nitrogens with zero attached hydrogens (tertiary/aromatic N) is 1. The first-order chi connectivity index (χ1) is 10.3. The molecule has 0 radical (unpaired) electrons. The Morgan fingerprint density at radius 2 is 2.00 bits per heavy atom. The smallest absolute Gasteiger partial charge is 0.320 e. The van der Waals surface area contributed by atoms with E-state index in [0.29, 0.717) is 20.1 Å². The van der Waals surface area contributed by atoms with Crippen molar-refractivity contribution in [2.45, 2.75) is 19.9 Å². The molecule has 1 aliphatic heterocycles. The van der Waals surface area contributed by atoms with Crippen molar-refractivity contribution < 1.29 is 14.3 Å². The molecule has 1 aromatic rings. The molecule has 1 aromatic carbocycles. The van der Waals surface area contributed by atoms with E-state index in [9.17, 15) is 9.59 Å². The van der Waals surface area contributed by atoms with Gasteiger partial charge in [-0.2, -0.15) is 4.99 Å². The Labute approximate surface area is 146 Å². The number of hydrogen-bond donors (Lipinski definition) is 1. The summed E-state index contributed by atoms with van der Waals surface area (Å²) in [6.07, 6.45) is 0. The highest BCUT2D eigenvalue weighted by atomic mass is 79.9. The van der Waals surface area contributed by atoms with Crippen LogP contribution in [0.5, 0.6) is 0 Å². The number of rotatable bonds is 3. The van der Waals surface area contributed by atoms with Crippen molar-refractivity contribution in [3.05, 3.63) is 32.2 Å². The van der Waals surface area contributed by atoms with Crippen molar-refractivity contribution in [1.29, 1.82) is 0 Å². The molecule has 0 spiro atoms. The van der Waals surface area contributed by atoms with E-state index >= 15 is 0 Å². The highest BCUT2D eigenvalue weighted by Crippen LogP contribution is 2.30. The normalized spacial score (nSPS) is 21.1. The number of hydrogen-bond acceptors (Lipinski definition) is 4. The summed E-state index contributed by atoms with van der Waals surface area (Å²) in [6.45, 7) is 3.59. The monoisotopic (exact) mass is 406 g/mol. The molecule has 0 saturated heterocycles. The fourth-order valence-electron chi connectivity index (χ4n) is 2.16. The average Bonchev–Trinajstić information content (AvgIpc) is 2.36.